The van der Waals surface area contributed by atoms with Crippen LogP contribution in [-0.2, 0) is 57.6 Å². The molecule has 1 heterocycles. The van der Waals surface area contributed by atoms with Crippen molar-refractivity contribution in [1.29, 1.82) is 0 Å². The Balaban J connectivity index is 0.000000170. The first kappa shape index (κ1) is 53.3. The number of aromatic nitrogens is 1. The third kappa shape index (κ3) is 11.0. The van der Waals surface area contributed by atoms with E-state index in [1.807, 2.05) is 24.3 Å². The zero-order chi connectivity index (χ0) is 50.5. The molecule has 11 aromatic rings. The van der Waals surface area contributed by atoms with Gasteiger partial charge in [0.15, 0.2) is 0 Å². The third-order valence-electron chi connectivity index (χ3n) is 14.8. The van der Waals surface area contributed by atoms with Crippen LogP contribution in [0.2, 0.25) is 0 Å². The van der Waals surface area contributed by atoms with Crippen molar-refractivity contribution in [3.8, 4) is 39.8 Å². The van der Waals surface area contributed by atoms with Gasteiger partial charge in [-0.1, -0.05) is 170 Å². The van der Waals surface area contributed by atoms with Crippen molar-refractivity contribution in [2.75, 3.05) is 0 Å². The van der Waals surface area contributed by atoms with Crippen molar-refractivity contribution in [2.45, 2.75) is 24.9 Å². The maximum absolute atomic E-state index is 7.14. The first-order valence-electron chi connectivity index (χ1n) is 25.8. The number of benzene rings is 10. The monoisotopic (exact) mass is 1390 g/mol. The average molecular weight is 1390 g/mol. The van der Waals surface area contributed by atoms with Crippen LogP contribution in [0.1, 0.15) is 39.8 Å². The van der Waals surface area contributed by atoms with Gasteiger partial charge in [0.1, 0.15) is 29.1 Å². The van der Waals surface area contributed by atoms with Gasteiger partial charge >= 0.3 is 44.8 Å². The Labute approximate surface area is 487 Å². The van der Waals surface area contributed by atoms with Gasteiger partial charge in [0.25, 0.3) is 0 Å². The van der Waals surface area contributed by atoms with E-state index in [1.165, 1.54) is 98.5 Å². The SMILES string of the molecule is C1=CCC([PH+](c2ccccc2)c2cc3c(cc2[PH+](c2ccccc2)c2ccccc2)c2ccccc2n3-c2ccccc2)C=C1.[Au+].[Au+].[C-]#Cc1ccc2c(c1)-c1ccccc1C2.[C-]#Cc1ccc2c(c1)-c1ccccc1C2. The summed E-state index contributed by atoms with van der Waals surface area (Å²) in [5.41, 5.74) is 16.5. The van der Waals surface area contributed by atoms with Crippen molar-refractivity contribution < 1.29 is 44.8 Å². The second kappa shape index (κ2) is 24.5. The Kier molecular flexibility index (Phi) is 17.0. The Bertz CT molecular complexity index is 3870. The summed E-state index contributed by atoms with van der Waals surface area (Å²) in [6.45, 7) is 0. The van der Waals surface area contributed by atoms with Crippen molar-refractivity contribution in [3.63, 3.8) is 0 Å². The molecule has 0 fully saturated rings. The maximum Gasteiger partial charge on any atom is 1.00 e. The summed E-state index contributed by atoms with van der Waals surface area (Å²) in [6, 6.07) is 88.0. The molecule has 3 aliphatic carbocycles. The summed E-state index contributed by atoms with van der Waals surface area (Å²) in [4.78, 5) is 0. The molecule has 0 aliphatic heterocycles. The van der Waals surface area contributed by atoms with Crippen molar-refractivity contribution in [2.24, 2.45) is 0 Å². The summed E-state index contributed by atoms with van der Waals surface area (Å²) in [5.74, 6) is 4.87. The maximum atomic E-state index is 7.14. The molecule has 2 atom stereocenters. The number of para-hydroxylation sites is 2. The average Bonchev–Trinajstić information content (AvgIpc) is 4.16. The van der Waals surface area contributed by atoms with Gasteiger partial charge < -0.3 is 17.4 Å². The van der Waals surface area contributed by atoms with E-state index in [-0.39, 0.29) is 44.8 Å². The van der Waals surface area contributed by atoms with Crippen molar-refractivity contribution in [3.05, 3.63) is 313 Å². The molecular weight excluding hydrogens is 1330 g/mol. The minimum absolute atomic E-state index is 0. The van der Waals surface area contributed by atoms with Gasteiger partial charge in [0.2, 0.25) is 0 Å². The first-order valence-corrected chi connectivity index (χ1v) is 28.9. The molecule has 14 rings (SSSR count). The second-order valence-electron chi connectivity index (χ2n) is 19.3. The summed E-state index contributed by atoms with van der Waals surface area (Å²) in [7, 11) is -2.58. The Morgan fingerprint density at radius 2 is 0.883 bits per heavy atom. The summed E-state index contributed by atoms with van der Waals surface area (Å²) < 4.78 is 2.48. The standard InChI is InChI=1S/C42H33NP2.2C15H9.2Au/c1-6-18-32(19-7-1)43-39-29-17-16-28-37(39)38-30-41(44(33-20-8-2-9-21-33)34-22-10-3-11-23-34)42(31-40(38)43)45(35-24-12-4-13-25-35)36-26-14-5-15-27-36;2*1-2-11-7-8-13-10-12-5-3-4-6-14(12)15(13)9-11;;/h1-26,28-31,36H,27H2;2*3-9H,10H2;;/q;2*-1;2*+1/p+2. The zero-order valence-electron chi connectivity index (χ0n) is 42.2. The minimum Gasteiger partial charge on any atom is -0.366 e. The number of fused-ring (bicyclic) bond motifs is 9. The molecule has 376 valence electrons. The van der Waals surface area contributed by atoms with Gasteiger partial charge in [-0.3, -0.25) is 11.8 Å². The molecule has 0 radical (unpaired) electrons. The van der Waals surface area contributed by atoms with Crippen molar-refractivity contribution in [1.82, 2.24) is 4.57 Å². The Morgan fingerprint density at radius 3 is 1.42 bits per heavy atom. The predicted molar refractivity (Wildman–Crippen MR) is 323 cm³/mol. The van der Waals surface area contributed by atoms with E-state index < -0.39 is 15.8 Å². The fourth-order valence-corrected chi connectivity index (χ4v) is 17.8. The van der Waals surface area contributed by atoms with Crippen LogP contribution in [0.5, 0.6) is 0 Å². The first-order chi connectivity index (χ1) is 37.1. The van der Waals surface area contributed by atoms with Crippen LogP contribution in [-0.4, -0.2) is 10.2 Å². The van der Waals surface area contributed by atoms with E-state index in [9.17, 15) is 0 Å². The summed E-state index contributed by atoms with van der Waals surface area (Å²) >= 11 is 0. The molecule has 1 nitrogen and oxygen atoms in total. The van der Waals surface area contributed by atoms with Gasteiger partial charge in [0, 0.05) is 28.9 Å². The molecule has 0 spiro atoms. The number of hydrogen-bond donors (Lipinski definition) is 0. The quantitative estimate of drug-likeness (QED) is 0.0649. The summed E-state index contributed by atoms with van der Waals surface area (Å²) in [6.07, 6.45) is 26.7. The van der Waals surface area contributed by atoms with Crippen LogP contribution in [0, 0.1) is 24.7 Å². The van der Waals surface area contributed by atoms with E-state index in [0.29, 0.717) is 5.66 Å². The molecule has 5 heteroatoms. The van der Waals surface area contributed by atoms with Gasteiger partial charge in [0.05, 0.1) is 29.9 Å². The predicted octanol–water partition coefficient (Wildman–Crippen LogP) is 14.7. The van der Waals surface area contributed by atoms with Crippen LogP contribution >= 0.6 is 15.8 Å². The molecule has 0 bridgehead atoms. The Morgan fingerprint density at radius 1 is 0.403 bits per heavy atom. The van der Waals surface area contributed by atoms with E-state index in [4.69, 9.17) is 12.8 Å². The van der Waals surface area contributed by atoms with Crippen LogP contribution in [0.25, 0.3) is 49.7 Å². The molecule has 3 aliphatic rings. The number of rotatable bonds is 7. The van der Waals surface area contributed by atoms with Crippen LogP contribution < -0.4 is 26.5 Å². The van der Waals surface area contributed by atoms with E-state index in [2.05, 4.69) is 259 Å². The molecule has 2 unspecified atom stereocenters. The smallest absolute Gasteiger partial charge is 0.366 e. The van der Waals surface area contributed by atoms with E-state index >= 15 is 0 Å². The van der Waals surface area contributed by atoms with E-state index in [0.717, 1.165) is 30.4 Å². The minimum atomic E-state index is -1.34. The molecular formula is C72H53Au2NP2+2. The normalized spacial score (nSPS) is 13.4. The number of allylic oxidation sites excluding steroid dienone is 4. The third-order valence-corrected chi connectivity index (χ3v) is 21.0. The van der Waals surface area contributed by atoms with Gasteiger partial charge in [-0.25, -0.2) is 0 Å². The summed E-state index contributed by atoms with van der Waals surface area (Å²) in [5, 5.41) is 10.0. The van der Waals surface area contributed by atoms with Gasteiger partial charge in [-0.2, -0.15) is 0 Å². The van der Waals surface area contributed by atoms with Crippen LogP contribution in [0.4, 0.5) is 0 Å². The van der Waals surface area contributed by atoms with Crippen LogP contribution in [0.15, 0.2) is 267 Å². The molecule has 1 aromatic heterocycles. The molecule has 77 heavy (non-hydrogen) atoms. The Hall–Kier alpha value is -7.06. The molecule has 10 aromatic carbocycles. The second-order valence-corrected chi connectivity index (χ2v) is 24.4. The number of nitrogens with zero attached hydrogens (tertiary/aromatic N) is 1. The molecule has 0 saturated carbocycles. The fraction of sp³-hybridized carbons (Fsp3) is 0.0556. The largest absolute Gasteiger partial charge is 1.00 e. The van der Waals surface area contributed by atoms with E-state index in [1.54, 1.807) is 0 Å². The fourth-order valence-electron chi connectivity index (χ4n) is 11.4. The molecule has 0 saturated heterocycles. The van der Waals surface area contributed by atoms with Gasteiger partial charge in [-0.15, -0.1) is 35.4 Å². The van der Waals surface area contributed by atoms with Gasteiger partial charge in [-0.05, 0) is 124 Å². The number of hydrogen-bond acceptors (Lipinski definition) is 0. The topological polar surface area (TPSA) is 4.93 Å². The van der Waals surface area contributed by atoms with Crippen molar-refractivity contribution >= 4 is 64.2 Å². The molecule has 0 amide bonds. The molecule has 0 N–H and O–H groups in total. The van der Waals surface area contributed by atoms with Crippen LogP contribution in [0.3, 0.4) is 0 Å². The zero-order valence-corrected chi connectivity index (χ0v) is 48.5.